The molecule has 2 aliphatic rings. The summed E-state index contributed by atoms with van der Waals surface area (Å²) in [6.45, 7) is 2.93. The fourth-order valence-corrected chi connectivity index (χ4v) is 4.87. The Bertz CT molecular complexity index is 627. The number of hydrogen-bond acceptors (Lipinski definition) is 5. The molecule has 0 radical (unpaired) electrons. The molecule has 1 aromatic heterocycles. The Morgan fingerprint density at radius 2 is 2.08 bits per heavy atom. The van der Waals surface area contributed by atoms with Gasteiger partial charge in [-0.1, -0.05) is 0 Å². The number of aliphatic hydroxyl groups excluding tert-OH is 1. The van der Waals surface area contributed by atoms with E-state index >= 15 is 0 Å². The zero-order chi connectivity index (χ0) is 16.9. The number of nitriles is 1. The Hall–Kier alpha value is -1.42. The number of anilines is 1. The van der Waals surface area contributed by atoms with Crippen LogP contribution in [-0.4, -0.2) is 42.2 Å². The number of aryl methyl sites for hydroxylation is 1. The second kappa shape index (κ2) is 8.11. The van der Waals surface area contributed by atoms with Crippen molar-refractivity contribution in [2.75, 3.05) is 31.6 Å². The van der Waals surface area contributed by atoms with Gasteiger partial charge < -0.3 is 15.3 Å². The molecule has 1 aliphatic heterocycles. The number of aliphatic hydroxyl groups is 1. The second-order valence-corrected chi connectivity index (χ2v) is 7.90. The predicted molar refractivity (Wildman–Crippen MR) is 95.2 cm³/mol. The van der Waals surface area contributed by atoms with Crippen molar-refractivity contribution >= 4 is 22.2 Å². The SMILES string of the molecule is N#Cc1c(NC(=O)CCN2CCC(CO)CC2)sc2c1CCCC2. The summed E-state index contributed by atoms with van der Waals surface area (Å²) in [6.07, 6.45) is 6.78. The van der Waals surface area contributed by atoms with E-state index in [9.17, 15) is 15.2 Å². The topological polar surface area (TPSA) is 76.4 Å². The summed E-state index contributed by atoms with van der Waals surface area (Å²) in [5.41, 5.74) is 1.85. The minimum absolute atomic E-state index is 0.00521. The van der Waals surface area contributed by atoms with E-state index in [1.165, 1.54) is 11.3 Å². The van der Waals surface area contributed by atoms with Crippen LogP contribution < -0.4 is 5.32 Å². The molecule has 3 rings (SSSR count). The molecular weight excluding hydrogens is 322 g/mol. The Balaban J connectivity index is 1.52. The lowest BCUT2D eigenvalue weighted by molar-refractivity contribution is -0.116. The number of hydrogen-bond donors (Lipinski definition) is 2. The normalized spacial score (nSPS) is 18.8. The van der Waals surface area contributed by atoms with E-state index in [2.05, 4.69) is 16.3 Å². The van der Waals surface area contributed by atoms with Crippen LogP contribution in [0.4, 0.5) is 5.00 Å². The van der Waals surface area contributed by atoms with Crippen LogP contribution in [0.15, 0.2) is 0 Å². The average molecular weight is 347 g/mol. The van der Waals surface area contributed by atoms with E-state index in [-0.39, 0.29) is 12.5 Å². The molecule has 0 bridgehead atoms. The number of fused-ring (bicyclic) bond motifs is 1. The first kappa shape index (κ1) is 17.4. The van der Waals surface area contributed by atoms with Crippen molar-refractivity contribution in [3.63, 3.8) is 0 Å². The molecule has 1 fully saturated rings. The molecule has 0 saturated carbocycles. The smallest absolute Gasteiger partial charge is 0.226 e. The minimum atomic E-state index is -0.00521. The second-order valence-electron chi connectivity index (χ2n) is 6.79. The lowest BCUT2D eigenvalue weighted by atomic mass is 9.96. The highest BCUT2D eigenvalue weighted by atomic mass is 32.1. The number of nitrogens with zero attached hydrogens (tertiary/aromatic N) is 2. The van der Waals surface area contributed by atoms with Crippen molar-refractivity contribution in [1.82, 2.24) is 4.90 Å². The van der Waals surface area contributed by atoms with Gasteiger partial charge in [-0.2, -0.15) is 5.26 Å². The van der Waals surface area contributed by atoms with Crippen LogP contribution in [0.3, 0.4) is 0 Å². The molecule has 0 unspecified atom stereocenters. The van der Waals surface area contributed by atoms with Crippen LogP contribution in [0.1, 0.15) is 48.1 Å². The van der Waals surface area contributed by atoms with E-state index in [4.69, 9.17) is 0 Å². The van der Waals surface area contributed by atoms with E-state index in [0.717, 1.165) is 62.3 Å². The predicted octanol–water partition coefficient (Wildman–Crippen LogP) is 2.53. The molecule has 1 saturated heterocycles. The number of carbonyl (C=O) groups excluding carboxylic acids is 1. The minimum Gasteiger partial charge on any atom is -0.396 e. The van der Waals surface area contributed by atoms with Crippen LogP contribution in [0.5, 0.6) is 0 Å². The average Bonchev–Trinajstić information content (AvgIpc) is 2.97. The van der Waals surface area contributed by atoms with Crippen molar-refractivity contribution in [2.24, 2.45) is 5.92 Å². The summed E-state index contributed by atoms with van der Waals surface area (Å²) < 4.78 is 0. The number of likely N-dealkylation sites (tertiary alicyclic amines) is 1. The highest BCUT2D eigenvalue weighted by Crippen LogP contribution is 2.37. The van der Waals surface area contributed by atoms with Crippen molar-refractivity contribution in [2.45, 2.75) is 44.9 Å². The highest BCUT2D eigenvalue weighted by molar-refractivity contribution is 7.16. The molecule has 5 nitrogen and oxygen atoms in total. The maximum atomic E-state index is 12.3. The van der Waals surface area contributed by atoms with E-state index in [1.54, 1.807) is 11.3 Å². The molecule has 6 heteroatoms. The zero-order valence-electron chi connectivity index (χ0n) is 14.0. The Labute approximate surface area is 147 Å². The van der Waals surface area contributed by atoms with Gasteiger partial charge in [0.2, 0.25) is 5.91 Å². The molecule has 0 atom stereocenters. The van der Waals surface area contributed by atoms with Crippen molar-refractivity contribution in [1.29, 1.82) is 5.26 Å². The van der Waals surface area contributed by atoms with E-state index < -0.39 is 0 Å². The van der Waals surface area contributed by atoms with Gasteiger partial charge in [0, 0.05) is 24.4 Å². The standard InChI is InChI=1S/C18H25N3O2S/c19-11-15-14-3-1-2-4-16(14)24-18(15)20-17(23)7-10-21-8-5-13(12-22)6-9-21/h13,22H,1-10,12H2,(H,20,23). The summed E-state index contributed by atoms with van der Waals surface area (Å²) >= 11 is 1.58. The summed E-state index contributed by atoms with van der Waals surface area (Å²) in [5.74, 6) is 0.417. The van der Waals surface area contributed by atoms with Gasteiger partial charge >= 0.3 is 0 Å². The quantitative estimate of drug-likeness (QED) is 0.858. The third-order valence-electron chi connectivity index (χ3n) is 5.16. The first-order valence-corrected chi connectivity index (χ1v) is 9.70. The summed E-state index contributed by atoms with van der Waals surface area (Å²) in [4.78, 5) is 15.8. The molecule has 2 heterocycles. The van der Waals surface area contributed by atoms with Crippen LogP contribution >= 0.6 is 11.3 Å². The van der Waals surface area contributed by atoms with Crippen LogP contribution in [0, 0.1) is 17.2 Å². The number of nitrogens with one attached hydrogen (secondary N) is 1. The van der Waals surface area contributed by atoms with Crippen molar-refractivity contribution in [3.8, 4) is 6.07 Å². The van der Waals surface area contributed by atoms with E-state index in [1.807, 2.05) is 0 Å². The molecule has 130 valence electrons. The first-order chi connectivity index (χ1) is 11.7. The molecular formula is C18H25N3O2S. The maximum Gasteiger partial charge on any atom is 0.226 e. The third kappa shape index (κ3) is 3.97. The number of piperidine rings is 1. The van der Waals surface area contributed by atoms with Crippen LogP contribution in [0.2, 0.25) is 0 Å². The summed E-state index contributed by atoms with van der Waals surface area (Å²) in [7, 11) is 0. The Morgan fingerprint density at radius 3 is 2.79 bits per heavy atom. The summed E-state index contributed by atoms with van der Waals surface area (Å²) in [5, 5.41) is 22.3. The largest absolute Gasteiger partial charge is 0.396 e. The number of rotatable bonds is 5. The third-order valence-corrected chi connectivity index (χ3v) is 6.36. The van der Waals surface area contributed by atoms with Gasteiger partial charge in [0.15, 0.2) is 0 Å². The lowest BCUT2D eigenvalue weighted by Gasteiger charge is -2.30. The van der Waals surface area contributed by atoms with Gasteiger partial charge in [-0.05, 0) is 63.1 Å². The van der Waals surface area contributed by atoms with Crippen LogP contribution in [0.25, 0.3) is 0 Å². The van der Waals surface area contributed by atoms with Gasteiger partial charge in [-0.3, -0.25) is 4.79 Å². The molecule has 1 aliphatic carbocycles. The maximum absolute atomic E-state index is 12.3. The number of amides is 1. The number of carbonyl (C=O) groups is 1. The Kier molecular flexibility index (Phi) is 5.88. The molecule has 1 aromatic rings. The molecule has 0 aromatic carbocycles. The van der Waals surface area contributed by atoms with Crippen molar-refractivity contribution < 1.29 is 9.90 Å². The van der Waals surface area contributed by atoms with Gasteiger partial charge in [-0.15, -0.1) is 11.3 Å². The molecule has 2 N–H and O–H groups in total. The fraction of sp³-hybridized carbons (Fsp3) is 0.667. The monoisotopic (exact) mass is 347 g/mol. The van der Waals surface area contributed by atoms with Gasteiger partial charge in [0.05, 0.1) is 5.56 Å². The highest BCUT2D eigenvalue weighted by Gasteiger charge is 2.22. The Morgan fingerprint density at radius 1 is 1.33 bits per heavy atom. The lowest BCUT2D eigenvalue weighted by Crippen LogP contribution is -2.36. The van der Waals surface area contributed by atoms with Crippen LogP contribution in [-0.2, 0) is 17.6 Å². The van der Waals surface area contributed by atoms with Crippen molar-refractivity contribution in [3.05, 3.63) is 16.0 Å². The van der Waals surface area contributed by atoms with Gasteiger partial charge in [0.25, 0.3) is 0 Å². The fourth-order valence-electron chi connectivity index (χ4n) is 3.61. The first-order valence-electron chi connectivity index (χ1n) is 8.89. The number of thiophene rings is 1. The summed E-state index contributed by atoms with van der Waals surface area (Å²) in [6, 6.07) is 2.29. The van der Waals surface area contributed by atoms with Gasteiger partial charge in [0.1, 0.15) is 11.1 Å². The molecule has 0 spiro atoms. The van der Waals surface area contributed by atoms with E-state index in [0.29, 0.717) is 17.9 Å². The molecule has 1 amide bonds. The zero-order valence-corrected chi connectivity index (χ0v) is 14.8. The van der Waals surface area contributed by atoms with Gasteiger partial charge in [-0.25, -0.2) is 0 Å². The molecule has 24 heavy (non-hydrogen) atoms.